The highest BCUT2D eigenvalue weighted by atomic mass is 32.1. The molecule has 0 radical (unpaired) electrons. The van der Waals surface area contributed by atoms with Crippen LogP contribution in [0.4, 0.5) is 11.6 Å². The van der Waals surface area contributed by atoms with Crippen molar-refractivity contribution in [2.24, 2.45) is 4.99 Å². The number of aromatic nitrogens is 1. The number of ether oxygens (including phenoxy) is 1. The number of hydrogen-bond acceptors (Lipinski definition) is 8. The highest BCUT2D eigenvalue weighted by Crippen LogP contribution is 2.31. The number of esters is 1. The van der Waals surface area contributed by atoms with Gasteiger partial charge in [-0.2, -0.15) is 0 Å². The monoisotopic (exact) mass is 508 g/mol. The normalized spacial score (nSPS) is 15.5. The van der Waals surface area contributed by atoms with Crippen molar-refractivity contribution in [2.75, 3.05) is 43.6 Å². The number of fused-ring (bicyclic) bond motifs is 1. The fraction of sp³-hybridized carbons (Fsp3) is 0.370. The Labute approximate surface area is 214 Å². The number of thiazole rings is 1. The van der Waals surface area contributed by atoms with Crippen molar-refractivity contribution < 1.29 is 13.9 Å². The van der Waals surface area contributed by atoms with Crippen LogP contribution in [-0.2, 0) is 9.53 Å². The molecule has 0 spiro atoms. The van der Waals surface area contributed by atoms with E-state index in [2.05, 4.69) is 23.7 Å². The average Bonchev–Trinajstić information content (AvgIpc) is 3.43. The lowest BCUT2D eigenvalue weighted by Gasteiger charge is -2.25. The number of furan rings is 1. The van der Waals surface area contributed by atoms with Crippen molar-refractivity contribution in [1.82, 2.24) is 4.57 Å². The molecule has 4 rings (SSSR count). The van der Waals surface area contributed by atoms with Crippen LogP contribution in [-0.4, -0.2) is 44.3 Å². The van der Waals surface area contributed by atoms with E-state index in [0.29, 0.717) is 26.4 Å². The molecule has 8 nitrogen and oxygen atoms in total. The highest BCUT2D eigenvalue weighted by Gasteiger charge is 2.33. The first-order chi connectivity index (χ1) is 17.3. The maximum atomic E-state index is 13.7. The summed E-state index contributed by atoms with van der Waals surface area (Å²) < 4.78 is 13.4. The van der Waals surface area contributed by atoms with Crippen molar-refractivity contribution in [2.45, 2.75) is 33.7 Å². The van der Waals surface area contributed by atoms with Gasteiger partial charge in [0.05, 0.1) is 28.5 Å². The van der Waals surface area contributed by atoms with E-state index in [9.17, 15) is 9.59 Å². The fourth-order valence-electron chi connectivity index (χ4n) is 4.32. The van der Waals surface area contributed by atoms with E-state index < -0.39 is 12.0 Å². The van der Waals surface area contributed by atoms with Gasteiger partial charge in [-0.25, -0.2) is 9.79 Å². The molecule has 9 heteroatoms. The molecule has 1 unspecified atom stereocenters. The topological polar surface area (TPSA) is 80.3 Å². The summed E-state index contributed by atoms with van der Waals surface area (Å²) in [5, 5.41) is 0. The second kappa shape index (κ2) is 10.6. The summed E-state index contributed by atoms with van der Waals surface area (Å²) in [5.74, 6) is 0.887. The minimum absolute atomic E-state index is 0.226. The SMILES string of the molecule is CCOC(=O)C1=C(C)N=c2s/c(=C\c3ccc(N(CC)CC)o3)c(=O)n2C1c1ccc(N(C)C)cc1. The van der Waals surface area contributed by atoms with E-state index in [0.717, 1.165) is 30.2 Å². The van der Waals surface area contributed by atoms with E-state index in [1.165, 1.54) is 11.3 Å². The Morgan fingerprint density at radius 3 is 2.44 bits per heavy atom. The van der Waals surface area contributed by atoms with Gasteiger partial charge >= 0.3 is 5.97 Å². The summed E-state index contributed by atoms with van der Waals surface area (Å²) in [4.78, 5) is 36.0. The molecule has 1 aromatic carbocycles. The van der Waals surface area contributed by atoms with E-state index in [4.69, 9.17) is 9.15 Å². The number of hydrogen-bond donors (Lipinski definition) is 0. The van der Waals surface area contributed by atoms with Crippen molar-refractivity contribution in [1.29, 1.82) is 0 Å². The Bertz CT molecular complexity index is 1460. The largest absolute Gasteiger partial charge is 0.463 e. The summed E-state index contributed by atoms with van der Waals surface area (Å²) in [5.41, 5.74) is 2.52. The lowest BCUT2D eigenvalue weighted by Crippen LogP contribution is -2.39. The Morgan fingerprint density at radius 2 is 1.83 bits per heavy atom. The molecule has 1 atom stereocenters. The lowest BCUT2D eigenvalue weighted by atomic mass is 9.95. The molecule has 0 bridgehead atoms. The van der Waals surface area contributed by atoms with Crippen LogP contribution in [0.25, 0.3) is 6.08 Å². The molecule has 3 heterocycles. The summed E-state index contributed by atoms with van der Waals surface area (Å²) in [6.07, 6.45) is 1.74. The van der Waals surface area contributed by atoms with Crippen LogP contribution in [0.5, 0.6) is 0 Å². The number of carbonyl (C=O) groups is 1. The Kier molecular flexibility index (Phi) is 7.49. The zero-order chi connectivity index (χ0) is 26.0. The van der Waals surface area contributed by atoms with Crippen LogP contribution in [0.15, 0.2) is 61.9 Å². The predicted octanol–water partition coefficient (Wildman–Crippen LogP) is 3.30. The smallest absolute Gasteiger partial charge is 0.338 e. The van der Waals surface area contributed by atoms with E-state index in [1.54, 1.807) is 24.5 Å². The second-order valence-corrected chi connectivity index (χ2v) is 9.65. The predicted molar refractivity (Wildman–Crippen MR) is 143 cm³/mol. The molecule has 190 valence electrons. The number of rotatable bonds is 8. The molecule has 0 amide bonds. The van der Waals surface area contributed by atoms with Crippen molar-refractivity contribution in [3.8, 4) is 0 Å². The van der Waals surface area contributed by atoms with E-state index in [1.807, 2.05) is 55.4 Å². The fourth-order valence-corrected chi connectivity index (χ4v) is 5.34. The molecular weight excluding hydrogens is 476 g/mol. The summed E-state index contributed by atoms with van der Waals surface area (Å²) in [7, 11) is 3.93. The molecule has 0 aliphatic carbocycles. The van der Waals surface area contributed by atoms with Crippen LogP contribution in [0, 0.1) is 0 Å². The maximum absolute atomic E-state index is 13.7. The molecule has 0 saturated heterocycles. The average molecular weight is 509 g/mol. The van der Waals surface area contributed by atoms with Crippen molar-refractivity contribution >= 4 is 35.0 Å². The Morgan fingerprint density at radius 1 is 1.14 bits per heavy atom. The molecule has 0 N–H and O–H groups in total. The van der Waals surface area contributed by atoms with Crippen LogP contribution in [0.2, 0.25) is 0 Å². The van der Waals surface area contributed by atoms with E-state index in [-0.39, 0.29) is 12.2 Å². The third kappa shape index (κ3) is 4.75. The number of nitrogens with zero attached hydrogens (tertiary/aromatic N) is 4. The van der Waals surface area contributed by atoms with Gasteiger partial charge in [-0.15, -0.1) is 0 Å². The molecule has 0 fully saturated rings. The summed E-state index contributed by atoms with van der Waals surface area (Å²) in [6, 6.07) is 11.0. The molecule has 36 heavy (non-hydrogen) atoms. The first-order valence-electron chi connectivity index (χ1n) is 12.1. The number of anilines is 2. The van der Waals surface area contributed by atoms with Gasteiger partial charge in [0.2, 0.25) is 0 Å². The van der Waals surface area contributed by atoms with Gasteiger partial charge in [-0.1, -0.05) is 23.5 Å². The minimum Gasteiger partial charge on any atom is -0.463 e. The van der Waals surface area contributed by atoms with Crippen molar-refractivity contribution in [3.05, 3.63) is 78.7 Å². The van der Waals surface area contributed by atoms with Crippen LogP contribution >= 0.6 is 11.3 Å². The zero-order valence-corrected chi connectivity index (χ0v) is 22.4. The number of benzene rings is 1. The number of allylic oxidation sites excluding steroid dienone is 1. The van der Waals surface area contributed by atoms with Gasteiger partial charge in [0.1, 0.15) is 5.76 Å². The van der Waals surface area contributed by atoms with Gasteiger partial charge in [-0.05, 0) is 51.5 Å². The standard InChI is InChI=1S/C27H32N4O4S/c1-7-30(8-2)22-15-14-20(35-22)16-21-25(32)31-24(18-10-12-19(13-11-18)29(5)6)23(26(33)34-9-3)17(4)28-27(31)36-21/h10-16,24H,7-9H2,1-6H3/b21-16-. The molecule has 2 aromatic heterocycles. The van der Waals surface area contributed by atoms with Gasteiger partial charge < -0.3 is 19.0 Å². The molecule has 3 aromatic rings. The van der Waals surface area contributed by atoms with Crippen LogP contribution in [0.3, 0.4) is 0 Å². The first kappa shape index (κ1) is 25.5. The Balaban J connectivity index is 1.87. The minimum atomic E-state index is -0.638. The second-order valence-electron chi connectivity index (χ2n) is 8.64. The van der Waals surface area contributed by atoms with Gasteiger partial charge in [0.15, 0.2) is 10.7 Å². The highest BCUT2D eigenvalue weighted by molar-refractivity contribution is 7.07. The Hall–Kier alpha value is -3.59. The quantitative estimate of drug-likeness (QED) is 0.435. The third-order valence-electron chi connectivity index (χ3n) is 6.20. The third-order valence-corrected chi connectivity index (χ3v) is 7.19. The van der Waals surface area contributed by atoms with Crippen LogP contribution in [0.1, 0.15) is 45.1 Å². The molecule has 0 saturated carbocycles. The summed E-state index contributed by atoms with van der Waals surface area (Å²) in [6.45, 7) is 9.58. The van der Waals surface area contributed by atoms with Gasteiger partial charge in [0, 0.05) is 45.0 Å². The maximum Gasteiger partial charge on any atom is 0.338 e. The van der Waals surface area contributed by atoms with Gasteiger partial charge in [0.25, 0.3) is 5.56 Å². The zero-order valence-electron chi connectivity index (χ0n) is 21.6. The van der Waals surface area contributed by atoms with Crippen molar-refractivity contribution in [3.63, 3.8) is 0 Å². The molecular formula is C27H32N4O4S. The first-order valence-corrected chi connectivity index (χ1v) is 12.9. The summed E-state index contributed by atoms with van der Waals surface area (Å²) >= 11 is 1.28. The molecule has 1 aliphatic rings. The van der Waals surface area contributed by atoms with Gasteiger partial charge in [-0.3, -0.25) is 9.36 Å². The molecule has 1 aliphatic heterocycles. The lowest BCUT2D eigenvalue weighted by molar-refractivity contribution is -0.139. The van der Waals surface area contributed by atoms with E-state index >= 15 is 0 Å². The number of carbonyl (C=O) groups excluding carboxylic acids is 1. The van der Waals surface area contributed by atoms with Crippen LogP contribution < -0.4 is 24.7 Å².